The molecule has 0 fully saturated rings. The lowest BCUT2D eigenvalue weighted by molar-refractivity contribution is -0.123. The predicted octanol–water partition coefficient (Wildman–Crippen LogP) is 3.49. The number of aryl methyl sites for hydroxylation is 2. The summed E-state index contributed by atoms with van der Waals surface area (Å²) in [5.41, 5.74) is 11.6. The van der Waals surface area contributed by atoms with Gasteiger partial charge in [0.15, 0.2) is 0 Å². The fourth-order valence-corrected chi connectivity index (χ4v) is 2.55. The Balaban J connectivity index is 2.10. The van der Waals surface area contributed by atoms with E-state index in [2.05, 4.69) is 25.2 Å². The maximum absolute atomic E-state index is 12.4. The number of carbonyl (C=O) groups is 1. The van der Waals surface area contributed by atoms with Crippen molar-refractivity contribution in [1.82, 2.24) is 5.32 Å². The van der Waals surface area contributed by atoms with Crippen LogP contribution in [0.3, 0.4) is 0 Å². The van der Waals surface area contributed by atoms with Crippen LogP contribution in [0.2, 0.25) is 0 Å². The van der Waals surface area contributed by atoms with Crippen molar-refractivity contribution >= 4 is 5.91 Å². The van der Waals surface area contributed by atoms with Crippen LogP contribution in [0.4, 0.5) is 0 Å². The van der Waals surface area contributed by atoms with E-state index in [1.165, 1.54) is 11.1 Å². The molecule has 0 aromatic heterocycles. The normalized spacial score (nSPS) is 13.5. The molecule has 0 aliphatic carbocycles. The zero-order valence-electron chi connectivity index (χ0n) is 13.7. The lowest BCUT2D eigenvalue weighted by Gasteiger charge is -2.20. The highest BCUT2D eigenvalue weighted by Gasteiger charge is 2.19. The number of amides is 1. The first-order chi connectivity index (χ1) is 10.4. The molecular weight excluding hydrogens is 272 g/mol. The predicted molar refractivity (Wildman–Crippen MR) is 90.6 cm³/mol. The van der Waals surface area contributed by atoms with Gasteiger partial charge in [0.05, 0.1) is 6.04 Å². The van der Waals surface area contributed by atoms with Crippen LogP contribution in [-0.2, 0) is 4.79 Å². The number of hydrogen-bond donors (Lipinski definition) is 2. The van der Waals surface area contributed by atoms with E-state index in [-0.39, 0.29) is 11.9 Å². The molecule has 2 aromatic rings. The molecule has 0 radical (unpaired) electrons. The van der Waals surface area contributed by atoms with Gasteiger partial charge >= 0.3 is 0 Å². The van der Waals surface area contributed by atoms with Crippen molar-refractivity contribution in [3.63, 3.8) is 0 Å². The summed E-state index contributed by atoms with van der Waals surface area (Å²) in [6.07, 6.45) is 0. The lowest BCUT2D eigenvalue weighted by Crippen LogP contribution is -2.36. The molecule has 0 aliphatic heterocycles. The second kappa shape index (κ2) is 6.75. The highest BCUT2D eigenvalue weighted by molar-refractivity contribution is 5.83. The van der Waals surface area contributed by atoms with Gasteiger partial charge in [-0.05, 0) is 49.9 Å². The Labute approximate surface area is 132 Å². The van der Waals surface area contributed by atoms with Gasteiger partial charge in [0.2, 0.25) is 5.91 Å². The van der Waals surface area contributed by atoms with Gasteiger partial charge in [-0.25, -0.2) is 0 Å². The molecule has 1 amide bonds. The van der Waals surface area contributed by atoms with E-state index in [0.717, 1.165) is 16.7 Å². The Kier molecular flexibility index (Phi) is 4.99. The topological polar surface area (TPSA) is 55.1 Å². The minimum Gasteiger partial charge on any atom is -0.348 e. The van der Waals surface area contributed by atoms with Gasteiger partial charge in [-0.2, -0.15) is 0 Å². The highest BCUT2D eigenvalue weighted by atomic mass is 16.2. The zero-order chi connectivity index (χ0) is 16.3. The summed E-state index contributed by atoms with van der Waals surface area (Å²) >= 11 is 0. The molecule has 2 atom stereocenters. The Bertz CT molecular complexity index is 662. The van der Waals surface area contributed by atoms with E-state index >= 15 is 0 Å². The molecule has 2 rings (SSSR count). The fourth-order valence-electron chi connectivity index (χ4n) is 2.55. The van der Waals surface area contributed by atoms with Gasteiger partial charge in [-0.3, -0.25) is 4.79 Å². The van der Waals surface area contributed by atoms with Crippen LogP contribution in [0, 0.1) is 20.8 Å². The Morgan fingerprint density at radius 3 is 2.32 bits per heavy atom. The molecule has 0 heterocycles. The molecule has 0 saturated carbocycles. The molecule has 3 heteroatoms. The van der Waals surface area contributed by atoms with Crippen molar-refractivity contribution in [2.24, 2.45) is 5.73 Å². The second-order valence-corrected chi connectivity index (χ2v) is 5.91. The van der Waals surface area contributed by atoms with E-state index in [1.54, 1.807) is 0 Å². The average Bonchev–Trinajstić information content (AvgIpc) is 2.50. The van der Waals surface area contributed by atoms with Crippen molar-refractivity contribution in [3.05, 3.63) is 70.3 Å². The van der Waals surface area contributed by atoms with Crippen molar-refractivity contribution in [1.29, 1.82) is 0 Å². The molecule has 3 nitrogen and oxygen atoms in total. The minimum absolute atomic E-state index is 0.0658. The Morgan fingerprint density at radius 2 is 1.68 bits per heavy atom. The molecule has 3 N–H and O–H groups in total. The van der Waals surface area contributed by atoms with E-state index in [9.17, 15) is 4.79 Å². The van der Waals surface area contributed by atoms with E-state index < -0.39 is 6.04 Å². The van der Waals surface area contributed by atoms with Crippen LogP contribution in [0.1, 0.15) is 46.8 Å². The summed E-state index contributed by atoms with van der Waals surface area (Å²) in [6.45, 7) is 8.15. The second-order valence-electron chi connectivity index (χ2n) is 5.91. The van der Waals surface area contributed by atoms with E-state index in [0.29, 0.717) is 0 Å². The molecule has 2 aromatic carbocycles. The van der Waals surface area contributed by atoms with Crippen molar-refractivity contribution < 1.29 is 4.79 Å². The number of nitrogens with two attached hydrogens (primary N) is 1. The maximum Gasteiger partial charge on any atom is 0.241 e. The maximum atomic E-state index is 12.4. The summed E-state index contributed by atoms with van der Waals surface area (Å²) in [4.78, 5) is 12.4. The molecule has 0 bridgehead atoms. The largest absolute Gasteiger partial charge is 0.348 e. The van der Waals surface area contributed by atoms with Gasteiger partial charge < -0.3 is 11.1 Å². The summed E-state index contributed by atoms with van der Waals surface area (Å²) in [6, 6.07) is 13.2. The summed E-state index contributed by atoms with van der Waals surface area (Å²) in [5, 5.41) is 3.01. The van der Waals surface area contributed by atoms with Crippen LogP contribution in [0.5, 0.6) is 0 Å². The smallest absolute Gasteiger partial charge is 0.241 e. The van der Waals surface area contributed by atoms with Crippen LogP contribution in [0.15, 0.2) is 42.5 Å². The monoisotopic (exact) mass is 296 g/mol. The summed E-state index contributed by atoms with van der Waals surface area (Å²) in [5.74, 6) is -0.155. The van der Waals surface area contributed by atoms with Gasteiger partial charge in [-0.15, -0.1) is 0 Å². The third kappa shape index (κ3) is 3.55. The molecular formula is C19H24N2O. The first kappa shape index (κ1) is 16.2. The standard InChI is InChI=1S/C19H24N2O/c1-12-8-10-16(11-9-12)18(20)19(22)21-15(4)17-7-5-6-13(2)14(17)3/h5-11,15,18H,20H2,1-4H3,(H,21,22). The van der Waals surface area contributed by atoms with Crippen molar-refractivity contribution in [3.8, 4) is 0 Å². The molecule has 0 saturated heterocycles. The number of nitrogens with one attached hydrogen (secondary N) is 1. The molecule has 0 aliphatic rings. The van der Waals surface area contributed by atoms with Crippen molar-refractivity contribution in [2.45, 2.75) is 39.8 Å². The third-order valence-corrected chi connectivity index (χ3v) is 4.19. The van der Waals surface area contributed by atoms with Gasteiger partial charge in [-0.1, -0.05) is 48.0 Å². The first-order valence-electron chi connectivity index (χ1n) is 7.58. The quantitative estimate of drug-likeness (QED) is 0.907. The van der Waals surface area contributed by atoms with E-state index in [4.69, 9.17) is 5.73 Å². The summed E-state index contributed by atoms with van der Waals surface area (Å²) in [7, 11) is 0. The molecule has 2 unspecified atom stereocenters. The minimum atomic E-state index is -0.645. The molecule has 22 heavy (non-hydrogen) atoms. The average molecular weight is 296 g/mol. The SMILES string of the molecule is Cc1ccc(C(N)C(=O)NC(C)c2cccc(C)c2C)cc1. The first-order valence-corrected chi connectivity index (χ1v) is 7.58. The van der Waals surface area contributed by atoms with Crippen LogP contribution >= 0.6 is 0 Å². The fraction of sp³-hybridized carbons (Fsp3) is 0.316. The summed E-state index contributed by atoms with van der Waals surface area (Å²) < 4.78 is 0. The Hall–Kier alpha value is -2.13. The number of carbonyl (C=O) groups excluding carboxylic acids is 1. The van der Waals surface area contributed by atoms with Crippen molar-refractivity contribution in [2.75, 3.05) is 0 Å². The van der Waals surface area contributed by atoms with Crippen LogP contribution in [0.25, 0.3) is 0 Å². The lowest BCUT2D eigenvalue weighted by atomic mass is 9.98. The Morgan fingerprint density at radius 1 is 1.05 bits per heavy atom. The van der Waals surface area contributed by atoms with Gasteiger partial charge in [0.25, 0.3) is 0 Å². The number of rotatable bonds is 4. The van der Waals surface area contributed by atoms with Crippen LogP contribution < -0.4 is 11.1 Å². The number of hydrogen-bond acceptors (Lipinski definition) is 2. The van der Waals surface area contributed by atoms with Gasteiger partial charge in [0, 0.05) is 0 Å². The number of benzene rings is 2. The van der Waals surface area contributed by atoms with E-state index in [1.807, 2.05) is 50.2 Å². The van der Waals surface area contributed by atoms with Crippen LogP contribution in [-0.4, -0.2) is 5.91 Å². The molecule has 116 valence electrons. The highest BCUT2D eigenvalue weighted by Crippen LogP contribution is 2.21. The zero-order valence-corrected chi connectivity index (χ0v) is 13.7. The molecule has 0 spiro atoms. The third-order valence-electron chi connectivity index (χ3n) is 4.19. The van der Waals surface area contributed by atoms with Gasteiger partial charge in [0.1, 0.15) is 6.04 Å².